The van der Waals surface area contributed by atoms with Gasteiger partial charge in [-0.05, 0) is 42.5 Å². The van der Waals surface area contributed by atoms with Crippen LogP contribution >= 0.6 is 39.9 Å². The molecule has 0 unspecified atom stereocenters. The number of benzene rings is 1. The van der Waals surface area contributed by atoms with Gasteiger partial charge in [0, 0.05) is 17.8 Å². The summed E-state index contributed by atoms with van der Waals surface area (Å²) in [5.41, 5.74) is 0.253. The second kappa shape index (κ2) is 9.31. The molecule has 7 nitrogen and oxygen atoms in total. The maximum atomic E-state index is 13.2. The first-order valence-electron chi connectivity index (χ1n) is 9.17. The predicted octanol–water partition coefficient (Wildman–Crippen LogP) is 4.10. The van der Waals surface area contributed by atoms with Gasteiger partial charge in [0.05, 0.1) is 18.1 Å². The highest BCUT2D eigenvalue weighted by atomic mass is 79.9. The van der Waals surface area contributed by atoms with E-state index in [-0.39, 0.29) is 22.9 Å². The Balaban J connectivity index is 1.80. The van der Waals surface area contributed by atoms with E-state index in [0.717, 1.165) is 16.2 Å². The molecule has 31 heavy (non-hydrogen) atoms. The Bertz CT molecular complexity index is 1260. The van der Waals surface area contributed by atoms with Crippen LogP contribution in [0.2, 0.25) is 0 Å². The van der Waals surface area contributed by atoms with E-state index in [0.29, 0.717) is 33.8 Å². The minimum Gasteiger partial charge on any atom is -0.438 e. The molecular weight excluding hydrogens is 502 g/mol. The number of amides is 1. The van der Waals surface area contributed by atoms with Crippen LogP contribution in [-0.4, -0.2) is 44.8 Å². The molecule has 0 aliphatic carbocycles. The molecule has 1 aliphatic rings. The van der Waals surface area contributed by atoms with E-state index < -0.39 is 0 Å². The molecule has 1 aliphatic heterocycles. The number of fused-ring (bicyclic) bond motifs is 1. The lowest BCUT2D eigenvalue weighted by Crippen LogP contribution is -2.31. The molecule has 158 valence electrons. The Morgan fingerprint density at radius 2 is 1.97 bits per heavy atom. The molecule has 0 spiro atoms. The molecule has 1 fully saturated rings. The number of ether oxygens (including phenoxy) is 2. The van der Waals surface area contributed by atoms with Crippen molar-refractivity contribution in [3.63, 3.8) is 0 Å². The van der Waals surface area contributed by atoms with E-state index in [9.17, 15) is 9.59 Å². The van der Waals surface area contributed by atoms with E-state index >= 15 is 0 Å². The fourth-order valence-electron chi connectivity index (χ4n) is 2.90. The van der Waals surface area contributed by atoms with Gasteiger partial charge in [-0.2, -0.15) is 4.98 Å². The van der Waals surface area contributed by atoms with Crippen molar-refractivity contribution in [1.29, 1.82) is 0 Å². The minimum atomic E-state index is -0.347. The van der Waals surface area contributed by atoms with E-state index in [2.05, 4.69) is 20.9 Å². The third kappa shape index (κ3) is 4.57. The van der Waals surface area contributed by atoms with Crippen LogP contribution in [0.1, 0.15) is 5.56 Å². The van der Waals surface area contributed by atoms with Crippen LogP contribution in [0.3, 0.4) is 0 Å². The average Bonchev–Trinajstić information content (AvgIpc) is 3.03. The Kier molecular flexibility index (Phi) is 6.51. The number of aromatic nitrogens is 2. The molecular formula is C21H16BrN3O4S2. The van der Waals surface area contributed by atoms with Crippen molar-refractivity contribution in [2.24, 2.45) is 0 Å². The third-order valence-corrected chi connectivity index (χ3v) is 6.34. The van der Waals surface area contributed by atoms with Crippen LogP contribution in [0.15, 0.2) is 62.8 Å². The molecule has 4 rings (SSSR count). The molecule has 2 aromatic heterocycles. The number of thioether (sulfide) groups is 1. The van der Waals surface area contributed by atoms with Gasteiger partial charge < -0.3 is 9.47 Å². The predicted molar refractivity (Wildman–Crippen MR) is 127 cm³/mol. The normalized spacial score (nSPS) is 15.3. The number of pyridine rings is 1. The number of hydrogen-bond acceptors (Lipinski definition) is 7. The zero-order valence-corrected chi connectivity index (χ0v) is 19.5. The van der Waals surface area contributed by atoms with Gasteiger partial charge in [-0.15, -0.1) is 0 Å². The lowest BCUT2D eigenvalue weighted by atomic mass is 10.2. The number of carbonyl (C=O) groups is 1. The van der Waals surface area contributed by atoms with Gasteiger partial charge in [-0.25, -0.2) is 0 Å². The largest absolute Gasteiger partial charge is 0.438 e. The molecule has 3 heterocycles. The van der Waals surface area contributed by atoms with Gasteiger partial charge in [-0.3, -0.25) is 18.9 Å². The van der Waals surface area contributed by atoms with E-state index in [4.69, 9.17) is 21.7 Å². The molecule has 0 saturated carbocycles. The summed E-state index contributed by atoms with van der Waals surface area (Å²) >= 11 is 9.84. The Morgan fingerprint density at radius 1 is 1.19 bits per heavy atom. The molecule has 1 aromatic carbocycles. The summed E-state index contributed by atoms with van der Waals surface area (Å²) in [4.78, 5) is 32.3. The van der Waals surface area contributed by atoms with Crippen molar-refractivity contribution in [2.75, 3.05) is 20.3 Å². The summed E-state index contributed by atoms with van der Waals surface area (Å²) in [5, 5.41) is 0. The highest BCUT2D eigenvalue weighted by Gasteiger charge is 2.32. The standard InChI is InChI=1S/C21H16BrN3O4S2/c1-28-11-10-25-20(27)16(31-21(25)30)12-15-18(29-14-7-5-13(22)6-8-14)23-17-4-2-3-9-24(17)19(15)26/h2-9,12H,10-11H2,1H3/b16-12+. The smallest absolute Gasteiger partial charge is 0.269 e. The van der Waals surface area contributed by atoms with Gasteiger partial charge in [0.2, 0.25) is 5.88 Å². The molecule has 0 bridgehead atoms. The van der Waals surface area contributed by atoms with Crippen molar-refractivity contribution in [3.05, 3.63) is 74.0 Å². The quantitative estimate of drug-likeness (QED) is 0.360. The van der Waals surface area contributed by atoms with Gasteiger partial charge in [0.25, 0.3) is 11.5 Å². The van der Waals surface area contributed by atoms with Crippen LogP contribution in [0.25, 0.3) is 11.7 Å². The van der Waals surface area contributed by atoms with E-state index in [1.807, 2.05) is 12.1 Å². The summed E-state index contributed by atoms with van der Waals surface area (Å²) in [5.74, 6) is 0.345. The van der Waals surface area contributed by atoms with Crippen molar-refractivity contribution >= 4 is 61.9 Å². The monoisotopic (exact) mass is 517 g/mol. The summed E-state index contributed by atoms with van der Waals surface area (Å²) in [7, 11) is 1.56. The summed E-state index contributed by atoms with van der Waals surface area (Å²) in [6.45, 7) is 0.702. The number of carbonyl (C=O) groups excluding carboxylic acids is 1. The SMILES string of the molecule is COCCN1C(=O)/C(=C\c2c(Oc3ccc(Br)cc3)nc3ccccn3c2=O)SC1=S. The highest BCUT2D eigenvalue weighted by Crippen LogP contribution is 2.34. The van der Waals surface area contributed by atoms with Crippen LogP contribution in [0.5, 0.6) is 11.6 Å². The van der Waals surface area contributed by atoms with Crippen molar-refractivity contribution in [1.82, 2.24) is 14.3 Å². The highest BCUT2D eigenvalue weighted by molar-refractivity contribution is 9.10. The van der Waals surface area contributed by atoms with Crippen LogP contribution in [-0.2, 0) is 9.53 Å². The lowest BCUT2D eigenvalue weighted by Gasteiger charge is -2.13. The minimum absolute atomic E-state index is 0.112. The molecule has 0 radical (unpaired) electrons. The zero-order chi connectivity index (χ0) is 22.0. The fraction of sp³-hybridized carbons (Fsp3) is 0.143. The molecule has 0 N–H and O–H groups in total. The second-order valence-electron chi connectivity index (χ2n) is 6.45. The maximum absolute atomic E-state index is 13.2. The first kappa shape index (κ1) is 21.7. The van der Waals surface area contributed by atoms with Gasteiger partial charge in [0.15, 0.2) is 0 Å². The Hall–Kier alpha value is -2.53. The van der Waals surface area contributed by atoms with Crippen molar-refractivity contribution in [3.8, 4) is 11.6 Å². The second-order valence-corrected chi connectivity index (χ2v) is 9.04. The molecule has 1 saturated heterocycles. The molecule has 10 heteroatoms. The fourth-order valence-corrected chi connectivity index (χ4v) is 4.46. The van der Waals surface area contributed by atoms with Crippen LogP contribution in [0, 0.1) is 0 Å². The zero-order valence-electron chi connectivity index (χ0n) is 16.3. The first-order valence-corrected chi connectivity index (χ1v) is 11.2. The topological polar surface area (TPSA) is 73.1 Å². The number of thiocarbonyl (C=S) groups is 1. The van der Waals surface area contributed by atoms with Crippen LogP contribution in [0.4, 0.5) is 0 Å². The van der Waals surface area contributed by atoms with Gasteiger partial charge in [0.1, 0.15) is 21.3 Å². The molecule has 1 amide bonds. The number of nitrogens with zero attached hydrogens (tertiary/aromatic N) is 3. The summed E-state index contributed by atoms with van der Waals surface area (Å²) in [6.07, 6.45) is 3.12. The number of halogens is 1. The average molecular weight is 518 g/mol. The van der Waals surface area contributed by atoms with Crippen molar-refractivity contribution < 1.29 is 14.3 Å². The van der Waals surface area contributed by atoms with Crippen LogP contribution < -0.4 is 10.3 Å². The maximum Gasteiger partial charge on any atom is 0.269 e. The molecule has 0 atom stereocenters. The number of methoxy groups -OCH3 is 1. The Morgan fingerprint density at radius 3 is 2.71 bits per heavy atom. The van der Waals surface area contributed by atoms with Crippen molar-refractivity contribution in [2.45, 2.75) is 0 Å². The third-order valence-electron chi connectivity index (χ3n) is 4.43. The summed E-state index contributed by atoms with van der Waals surface area (Å²) in [6, 6.07) is 12.4. The number of hydrogen-bond donors (Lipinski definition) is 0. The van der Waals surface area contributed by atoms with Gasteiger partial charge >= 0.3 is 0 Å². The lowest BCUT2D eigenvalue weighted by molar-refractivity contribution is -0.122. The first-order chi connectivity index (χ1) is 15.0. The molecule has 3 aromatic rings. The Labute approximate surface area is 195 Å². The van der Waals surface area contributed by atoms with Gasteiger partial charge in [-0.1, -0.05) is 46.0 Å². The van der Waals surface area contributed by atoms with E-state index in [1.165, 1.54) is 15.4 Å². The van der Waals surface area contributed by atoms with E-state index in [1.54, 1.807) is 43.6 Å². The summed E-state index contributed by atoms with van der Waals surface area (Å²) < 4.78 is 13.7. The number of rotatable bonds is 6.